The number of benzene rings is 1. The molecule has 0 radical (unpaired) electrons. The molecule has 1 atom stereocenters. The Labute approximate surface area is 154 Å². The molecule has 138 valence electrons. The molecule has 4 rings (SSSR count). The number of likely N-dealkylation sites (tertiary alicyclic amines) is 2. The van der Waals surface area contributed by atoms with Crippen molar-refractivity contribution in [1.29, 1.82) is 0 Å². The van der Waals surface area contributed by atoms with Gasteiger partial charge >= 0.3 is 0 Å². The van der Waals surface area contributed by atoms with E-state index in [0.717, 1.165) is 32.6 Å². The van der Waals surface area contributed by atoms with Gasteiger partial charge in [0.25, 0.3) is 5.91 Å². The first-order chi connectivity index (χ1) is 12.6. The molecular weight excluding hydrogens is 328 g/mol. The van der Waals surface area contributed by atoms with Crippen molar-refractivity contribution in [3.05, 3.63) is 30.1 Å². The van der Waals surface area contributed by atoms with Crippen LogP contribution in [0.5, 0.6) is 0 Å². The second-order valence-electron chi connectivity index (χ2n) is 7.51. The lowest BCUT2D eigenvalue weighted by atomic mass is 10.0. The van der Waals surface area contributed by atoms with Crippen LogP contribution < -0.4 is 0 Å². The van der Waals surface area contributed by atoms with Crippen LogP contribution >= 0.6 is 0 Å². The van der Waals surface area contributed by atoms with Crippen LogP contribution in [0.1, 0.15) is 29.9 Å². The fraction of sp³-hybridized carbons (Fsp3) is 0.579. The molecule has 2 saturated heterocycles. The van der Waals surface area contributed by atoms with E-state index < -0.39 is 0 Å². The maximum atomic E-state index is 12.8. The third-order valence-electron chi connectivity index (χ3n) is 5.82. The van der Waals surface area contributed by atoms with E-state index in [1.54, 1.807) is 4.90 Å². The van der Waals surface area contributed by atoms with Crippen LogP contribution in [-0.2, 0) is 0 Å². The normalized spacial score (nSPS) is 22.8. The number of nitrogens with zero attached hydrogens (tertiary/aromatic N) is 6. The SMILES string of the molecule is CN1CCC(N2CCC(N(C)C(=O)c3nnc4ccccc4n3)C2)CC1. The highest BCUT2D eigenvalue weighted by Crippen LogP contribution is 2.23. The van der Waals surface area contributed by atoms with Crippen LogP contribution in [0, 0.1) is 0 Å². The van der Waals surface area contributed by atoms with Crippen LogP contribution in [0.3, 0.4) is 0 Å². The number of hydrogen-bond donors (Lipinski definition) is 0. The molecule has 0 aliphatic carbocycles. The Morgan fingerprint density at radius 1 is 1.08 bits per heavy atom. The largest absolute Gasteiger partial charge is 0.335 e. The second kappa shape index (κ2) is 7.25. The first-order valence-electron chi connectivity index (χ1n) is 9.41. The van der Waals surface area contributed by atoms with Gasteiger partial charge in [0.05, 0.1) is 5.52 Å². The fourth-order valence-corrected chi connectivity index (χ4v) is 4.07. The number of carbonyl (C=O) groups is 1. The van der Waals surface area contributed by atoms with Crippen LogP contribution in [0.2, 0.25) is 0 Å². The van der Waals surface area contributed by atoms with Crippen molar-refractivity contribution in [2.75, 3.05) is 40.3 Å². The Balaban J connectivity index is 1.42. The smallest absolute Gasteiger partial charge is 0.293 e. The fourth-order valence-electron chi connectivity index (χ4n) is 4.07. The molecule has 7 heteroatoms. The Morgan fingerprint density at radius 3 is 2.58 bits per heavy atom. The van der Waals surface area contributed by atoms with Gasteiger partial charge in [-0.3, -0.25) is 9.69 Å². The Hall–Kier alpha value is -2.12. The minimum atomic E-state index is -0.140. The molecule has 0 bridgehead atoms. The van der Waals surface area contributed by atoms with Crippen molar-refractivity contribution in [3.8, 4) is 0 Å². The molecule has 2 fully saturated rings. The van der Waals surface area contributed by atoms with Crippen molar-refractivity contribution in [2.45, 2.75) is 31.3 Å². The maximum absolute atomic E-state index is 12.8. The van der Waals surface area contributed by atoms with Crippen molar-refractivity contribution in [1.82, 2.24) is 29.9 Å². The summed E-state index contributed by atoms with van der Waals surface area (Å²) in [5.74, 6) is 0.0439. The van der Waals surface area contributed by atoms with Gasteiger partial charge in [-0.25, -0.2) is 4.98 Å². The van der Waals surface area contributed by atoms with Crippen LogP contribution in [0.25, 0.3) is 11.0 Å². The maximum Gasteiger partial charge on any atom is 0.293 e. The van der Waals surface area contributed by atoms with Crippen molar-refractivity contribution < 1.29 is 4.79 Å². The molecule has 0 N–H and O–H groups in total. The number of piperidine rings is 1. The molecule has 2 aliphatic rings. The molecule has 7 nitrogen and oxygen atoms in total. The summed E-state index contributed by atoms with van der Waals surface area (Å²) in [5.41, 5.74) is 1.42. The first kappa shape index (κ1) is 17.3. The van der Waals surface area contributed by atoms with E-state index in [9.17, 15) is 4.79 Å². The lowest BCUT2D eigenvalue weighted by Crippen LogP contribution is -2.45. The third-order valence-corrected chi connectivity index (χ3v) is 5.82. The quantitative estimate of drug-likeness (QED) is 0.827. The molecule has 1 unspecified atom stereocenters. The Bertz CT molecular complexity index is 788. The van der Waals surface area contributed by atoms with E-state index in [0.29, 0.717) is 17.1 Å². The van der Waals surface area contributed by atoms with Gasteiger partial charge in [0.15, 0.2) is 0 Å². The lowest BCUT2D eigenvalue weighted by molar-refractivity contribution is 0.0708. The van der Waals surface area contributed by atoms with Gasteiger partial charge in [0.2, 0.25) is 5.82 Å². The first-order valence-corrected chi connectivity index (χ1v) is 9.41. The van der Waals surface area contributed by atoms with Gasteiger partial charge in [0.1, 0.15) is 5.52 Å². The Kier molecular flexibility index (Phi) is 4.82. The zero-order valence-corrected chi connectivity index (χ0v) is 15.5. The third kappa shape index (κ3) is 3.41. The summed E-state index contributed by atoms with van der Waals surface area (Å²) >= 11 is 0. The van der Waals surface area contributed by atoms with Gasteiger partial charge in [-0.15, -0.1) is 10.2 Å². The van der Waals surface area contributed by atoms with E-state index >= 15 is 0 Å². The molecule has 2 aromatic rings. The highest BCUT2D eigenvalue weighted by molar-refractivity contribution is 5.92. The standard InChI is InChI=1S/C19H26N6O/c1-23-10-7-14(8-11-23)25-12-9-15(13-25)24(2)19(26)18-20-16-5-3-4-6-17(16)21-22-18/h3-6,14-15H,7-13H2,1-2H3. The minimum Gasteiger partial charge on any atom is -0.335 e. The van der Waals surface area contributed by atoms with Gasteiger partial charge in [0, 0.05) is 32.2 Å². The van der Waals surface area contributed by atoms with Crippen molar-refractivity contribution >= 4 is 16.9 Å². The molecule has 26 heavy (non-hydrogen) atoms. The molecule has 0 saturated carbocycles. The molecule has 0 spiro atoms. The van der Waals surface area contributed by atoms with E-state index in [1.807, 2.05) is 31.3 Å². The van der Waals surface area contributed by atoms with Crippen molar-refractivity contribution in [3.63, 3.8) is 0 Å². The summed E-state index contributed by atoms with van der Waals surface area (Å²) in [5, 5.41) is 8.18. The highest BCUT2D eigenvalue weighted by Gasteiger charge is 2.34. The van der Waals surface area contributed by atoms with Crippen LogP contribution in [0.4, 0.5) is 0 Å². The minimum absolute atomic E-state index is 0.140. The zero-order valence-electron chi connectivity index (χ0n) is 15.5. The predicted octanol–water partition coefficient (Wildman–Crippen LogP) is 1.27. The van der Waals surface area contributed by atoms with Gasteiger partial charge < -0.3 is 9.80 Å². The van der Waals surface area contributed by atoms with E-state index in [1.165, 1.54) is 12.8 Å². The molecule has 1 amide bonds. The van der Waals surface area contributed by atoms with Crippen LogP contribution in [-0.4, -0.2) is 88.1 Å². The van der Waals surface area contributed by atoms with Crippen LogP contribution in [0.15, 0.2) is 24.3 Å². The average Bonchev–Trinajstić information content (AvgIpc) is 3.17. The highest BCUT2D eigenvalue weighted by atomic mass is 16.2. The number of aromatic nitrogens is 3. The molecular formula is C19H26N6O. The summed E-state index contributed by atoms with van der Waals surface area (Å²) in [6.07, 6.45) is 3.45. The zero-order chi connectivity index (χ0) is 18.1. The molecule has 1 aromatic heterocycles. The second-order valence-corrected chi connectivity index (χ2v) is 7.51. The molecule has 2 aliphatic heterocycles. The number of carbonyl (C=O) groups excluding carboxylic acids is 1. The average molecular weight is 354 g/mol. The summed E-state index contributed by atoms with van der Waals surface area (Å²) in [6, 6.07) is 8.37. The summed E-state index contributed by atoms with van der Waals surface area (Å²) in [4.78, 5) is 24.0. The number of fused-ring (bicyclic) bond motifs is 1. The topological polar surface area (TPSA) is 65.5 Å². The number of likely N-dealkylation sites (N-methyl/N-ethyl adjacent to an activating group) is 1. The van der Waals surface area contributed by atoms with E-state index in [2.05, 4.69) is 32.0 Å². The number of hydrogen-bond acceptors (Lipinski definition) is 6. The molecule has 3 heterocycles. The van der Waals surface area contributed by atoms with E-state index in [-0.39, 0.29) is 17.8 Å². The number of amides is 1. The summed E-state index contributed by atoms with van der Waals surface area (Å²) in [6.45, 7) is 4.33. The van der Waals surface area contributed by atoms with Gasteiger partial charge in [-0.1, -0.05) is 12.1 Å². The number of para-hydroxylation sites is 1. The number of rotatable bonds is 3. The van der Waals surface area contributed by atoms with E-state index in [4.69, 9.17) is 0 Å². The molecule has 1 aromatic carbocycles. The predicted molar refractivity (Wildman–Crippen MR) is 99.9 cm³/mol. The van der Waals surface area contributed by atoms with Crippen molar-refractivity contribution in [2.24, 2.45) is 0 Å². The Morgan fingerprint density at radius 2 is 1.81 bits per heavy atom. The lowest BCUT2D eigenvalue weighted by Gasteiger charge is -2.35. The van der Waals surface area contributed by atoms with Gasteiger partial charge in [-0.2, -0.15) is 0 Å². The summed E-state index contributed by atoms with van der Waals surface area (Å²) in [7, 11) is 4.05. The van der Waals surface area contributed by atoms with Gasteiger partial charge in [-0.05, 0) is 51.5 Å². The summed E-state index contributed by atoms with van der Waals surface area (Å²) < 4.78 is 0. The monoisotopic (exact) mass is 354 g/mol.